The van der Waals surface area contributed by atoms with E-state index in [9.17, 15) is 9.59 Å². The summed E-state index contributed by atoms with van der Waals surface area (Å²) in [4.78, 5) is 21.9. The number of urea groups is 1. The smallest absolute Gasteiger partial charge is 0.326 e. The maximum absolute atomic E-state index is 11.3. The minimum absolute atomic E-state index is 0.379. The van der Waals surface area contributed by atoms with E-state index in [1.807, 2.05) is 0 Å². The summed E-state index contributed by atoms with van der Waals surface area (Å²) in [6, 6.07) is -1.16. The van der Waals surface area contributed by atoms with Crippen LogP contribution >= 0.6 is 0 Å². The van der Waals surface area contributed by atoms with Crippen LogP contribution in [0.5, 0.6) is 0 Å². The van der Waals surface area contributed by atoms with Gasteiger partial charge >= 0.3 is 12.0 Å². The molecule has 1 aliphatic rings. The standard InChI is InChI=1S/C10H18N2O3/c1-2-8(9(13)14)12-10(15)11-6-7-4-3-5-7/h7-8H,2-6H2,1H3,(H,13,14)(H2,11,12,15)/t8-/m0/s1. The van der Waals surface area contributed by atoms with E-state index in [0.29, 0.717) is 18.9 Å². The number of hydrogen-bond donors (Lipinski definition) is 3. The lowest BCUT2D eigenvalue weighted by atomic mass is 9.85. The molecule has 0 bridgehead atoms. The molecule has 5 nitrogen and oxygen atoms in total. The molecular weight excluding hydrogens is 196 g/mol. The lowest BCUT2D eigenvalue weighted by Gasteiger charge is -2.25. The summed E-state index contributed by atoms with van der Waals surface area (Å²) in [7, 11) is 0. The number of carbonyl (C=O) groups excluding carboxylic acids is 1. The average molecular weight is 214 g/mol. The van der Waals surface area contributed by atoms with Crippen molar-refractivity contribution in [2.24, 2.45) is 5.92 Å². The van der Waals surface area contributed by atoms with Crippen LogP contribution in [0, 0.1) is 5.92 Å². The molecule has 1 atom stereocenters. The van der Waals surface area contributed by atoms with Crippen LogP contribution in [0.25, 0.3) is 0 Å². The molecular formula is C10H18N2O3. The number of nitrogens with one attached hydrogen (secondary N) is 2. The Kier molecular flexibility index (Phi) is 4.39. The summed E-state index contributed by atoms with van der Waals surface area (Å²) < 4.78 is 0. The minimum Gasteiger partial charge on any atom is -0.480 e. The van der Waals surface area contributed by atoms with Gasteiger partial charge < -0.3 is 15.7 Å². The average Bonchev–Trinajstić information content (AvgIpc) is 2.11. The second-order valence-corrected chi connectivity index (χ2v) is 3.95. The van der Waals surface area contributed by atoms with Gasteiger partial charge in [-0.25, -0.2) is 9.59 Å². The molecule has 1 aliphatic carbocycles. The highest BCUT2D eigenvalue weighted by molar-refractivity contribution is 5.82. The first-order valence-electron chi connectivity index (χ1n) is 5.40. The zero-order valence-electron chi connectivity index (χ0n) is 8.95. The predicted molar refractivity (Wildman–Crippen MR) is 55.6 cm³/mol. The van der Waals surface area contributed by atoms with Crippen LogP contribution in [0.3, 0.4) is 0 Å². The molecule has 15 heavy (non-hydrogen) atoms. The zero-order valence-corrected chi connectivity index (χ0v) is 8.95. The first-order valence-corrected chi connectivity index (χ1v) is 5.40. The van der Waals surface area contributed by atoms with Crippen LogP contribution in [0.4, 0.5) is 4.79 Å². The second kappa shape index (κ2) is 5.58. The predicted octanol–water partition coefficient (Wildman–Crippen LogP) is 0.949. The van der Waals surface area contributed by atoms with Crippen molar-refractivity contribution in [3.63, 3.8) is 0 Å². The molecule has 86 valence electrons. The molecule has 5 heteroatoms. The Labute approximate surface area is 89.2 Å². The summed E-state index contributed by atoms with van der Waals surface area (Å²) in [6.45, 7) is 2.38. The second-order valence-electron chi connectivity index (χ2n) is 3.95. The Morgan fingerprint density at radius 2 is 2.13 bits per heavy atom. The topological polar surface area (TPSA) is 78.4 Å². The fraction of sp³-hybridized carbons (Fsp3) is 0.800. The fourth-order valence-electron chi connectivity index (χ4n) is 1.48. The number of rotatable bonds is 5. The van der Waals surface area contributed by atoms with Crippen LogP contribution in [0.2, 0.25) is 0 Å². The van der Waals surface area contributed by atoms with Gasteiger partial charge in [0.1, 0.15) is 6.04 Å². The molecule has 0 aromatic heterocycles. The molecule has 0 aromatic rings. The SMILES string of the molecule is CC[C@H](NC(=O)NCC1CCC1)C(=O)O. The van der Waals surface area contributed by atoms with Crippen molar-refractivity contribution in [1.82, 2.24) is 10.6 Å². The van der Waals surface area contributed by atoms with E-state index in [1.165, 1.54) is 6.42 Å². The maximum Gasteiger partial charge on any atom is 0.326 e. The fourth-order valence-corrected chi connectivity index (χ4v) is 1.48. The highest BCUT2D eigenvalue weighted by Crippen LogP contribution is 2.24. The first kappa shape index (κ1) is 11.8. The minimum atomic E-state index is -0.990. The number of aliphatic carboxylic acids is 1. The lowest BCUT2D eigenvalue weighted by molar-refractivity contribution is -0.139. The van der Waals surface area contributed by atoms with Gasteiger partial charge in [0.2, 0.25) is 0 Å². The van der Waals surface area contributed by atoms with Crippen molar-refractivity contribution in [3.05, 3.63) is 0 Å². The largest absolute Gasteiger partial charge is 0.480 e. The molecule has 0 spiro atoms. The van der Waals surface area contributed by atoms with Crippen molar-refractivity contribution in [3.8, 4) is 0 Å². The molecule has 0 saturated heterocycles. The molecule has 2 amide bonds. The Morgan fingerprint density at radius 1 is 1.47 bits per heavy atom. The number of hydrogen-bond acceptors (Lipinski definition) is 2. The number of carboxylic acid groups (broad SMARTS) is 1. The van der Waals surface area contributed by atoms with Gasteiger partial charge in [0.15, 0.2) is 0 Å². The number of amides is 2. The van der Waals surface area contributed by atoms with E-state index in [2.05, 4.69) is 10.6 Å². The van der Waals surface area contributed by atoms with Gasteiger partial charge in [-0.05, 0) is 25.2 Å². The number of carboxylic acids is 1. The normalized spacial score (nSPS) is 17.7. The van der Waals surface area contributed by atoms with E-state index in [4.69, 9.17) is 5.11 Å². The third kappa shape index (κ3) is 3.77. The van der Waals surface area contributed by atoms with Crippen LogP contribution in [-0.4, -0.2) is 29.7 Å². The van der Waals surface area contributed by atoms with Gasteiger partial charge in [-0.15, -0.1) is 0 Å². The van der Waals surface area contributed by atoms with Crippen molar-refractivity contribution < 1.29 is 14.7 Å². The Bertz CT molecular complexity index is 239. The molecule has 0 unspecified atom stereocenters. The van der Waals surface area contributed by atoms with Crippen molar-refractivity contribution in [2.45, 2.75) is 38.6 Å². The van der Waals surface area contributed by atoms with E-state index in [-0.39, 0.29) is 6.03 Å². The molecule has 1 saturated carbocycles. The quantitative estimate of drug-likeness (QED) is 0.637. The van der Waals surface area contributed by atoms with Gasteiger partial charge in [0, 0.05) is 6.54 Å². The third-order valence-corrected chi connectivity index (χ3v) is 2.79. The molecule has 0 aliphatic heterocycles. The first-order chi connectivity index (χ1) is 7.13. The summed E-state index contributed by atoms with van der Waals surface area (Å²) in [6.07, 6.45) is 3.96. The van der Waals surface area contributed by atoms with Crippen LogP contribution < -0.4 is 10.6 Å². The molecule has 0 aromatic carbocycles. The van der Waals surface area contributed by atoms with Crippen LogP contribution in [0.15, 0.2) is 0 Å². The monoisotopic (exact) mass is 214 g/mol. The summed E-state index contributed by atoms with van der Waals surface area (Å²) in [5, 5.41) is 13.8. The van der Waals surface area contributed by atoms with E-state index < -0.39 is 12.0 Å². The Balaban J connectivity index is 2.18. The Hall–Kier alpha value is -1.26. The van der Waals surface area contributed by atoms with Gasteiger partial charge in [-0.3, -0.25) is 0 Å². The summed E-state index contributed by atoms with van der Waals surface area (Å²) in [5.74, 6) is -0.406. The van der Waals surface area contributed by atoms with Crippen LogP contribution in [-0.2, 0) is 4.79 Å². The van der Waals surface area contributed by atoms with Crippen LogP contribution in [0.1, 0.15) is 32.6 Å². The Morgan fingerprint density at radius 3 is 2.53 bits per heavy atom. The zero-order chi connectivity index (χ0) is 11.3. The van der Waals surface area contributed by atoms with Gasteiger partial charge in [0.25, 0.3) is 0 Å². The molecule has 3 N–H and O–H groups in total. The van der Waals surface area contributed by atoms with Gasteiger partial charge in [-0.2, -0.15) is 0 Å². The maximum atomic E-state index is 11.3. The summed E-state index contributed by atoms with van der Waals surface area (Å²) >= 11 is 0. The van der Waals surface area contributed by atoms with Gasteiger partial charge in [0.05, 0.1) is 0 Å². The van der Waals surface area contributed by atoms with Gasteiger partial charge in [-0.1, -0.05) is 13.3 Å². The summed E-state index contributed by atoms with van der Waals surface area (Å²) in [5.41, 5.74) is 0. The van der Waals surface area contributed by atoms with Crippen molar-refractivity contribution >= 4 is 12.0 Å². The molecule has 0 radical (unpaired) electrons. The third-order valence-electron chi connectivity index (χ3n) is 2.79. The van der Waals surface area contributed by atoms with E-state index in [1.54, 1.807) is 6.92 Å². The lowest BCUT2D eigenvalue weighted by Crippen LogP contribution is -2.47. The molecule has 1 fully saturated rings. The van der Waals surface area contributed by atoms with E-state index >= 15 is 0 Å². The number of carbonyl (C=O) groups is 2. The molecule has 1 rings (SSSR count). The van der Waals surface area contributed by atoms with Crippen molar-refractivity contribution in [1.29, 1.82) is 0 Å². The molecule has 0 heterocycles. The van der Waals surface area contributed by atoms with E-state index in [0.717, 1.165) is 12.8 Å². The highest BCUT2D eigenvalue weighted by Gasteiger charge is 2.20. The highest BCUT2D eigenvalue weighted by atomic mass is 16.4. The van der Waals surface area contributed by atoms with Crippen molar-refractivity contribution in [2.75, 3.05) is 6.54 Å².